The van der Waals surface area contributed by atoms with Crippen LogP contribution >= 0.6 is 0 Å². The van der Waals surface area contributed by atoms with Crippen LogP contribution in [0.15, 0.2) is 36.5 Å². The number of pyridine rings is 1. The van der Waals surface area contributed by atoms with Gasteiger partial charge in [-0.1, -0.05) is 18.2 Å². The zero-order valence-corrected chi connectivity index (χ0v) is 24.2. The Morgan fingerprint density at radius 2 is 1.82 bits per heavy atom. The number of nitrogens with zero attached hydrogens (tertiary/aromatic N) is 5. The third-order valence-corrected chi connectivity index (χ3v) is 8.36. The summed E-state index contributed by atoms with van der Waals surface area (Å²) in [5, 5.41) is 0. The predicted molar refractivity (Wildman–Crippen MR) is 153 cm³/mol. The van der Waals surface area contributed by atoms with Gasteiger partial charge >= 0.3 is 6.09 Å². The van der Waals surface area contributed by atoms with E-state index in [2.05, 4.69) is 41.1 Å². The summed E-state index contributed by atoms with van der Waals surface area (Å²) in [5.41, 5.74) is 5.68. The molecule has 1 aromatic heterocycles. The fraction of sp³-hybridized carbons (Fsp3) is 0.581. The summed E-state index contributed by atoms with van der Waals surface area (Å²) in [7, 11) is 2.17. The van der Waals surface area contributed by atoms with Gasteiger partial charge in [-0.05, 0) is 82.3 Å². The van der Waals surface area contributed by atoms with Crippen LogP contribution in [0.25, 0.3) is 0 Å². The number of carbonyl (C=O) groups excluding carboxylic acids is 2. The van der Waals surface area contributed by atoms with E-state index in [0.717, 1.165) is 58.4 Å². The van der Waals surface area contributed by atoms with E-state index in [4.69, 9.17) is 9.72 Å². The summed E-state index contributed by atoms with van der Waals surface area (Å²) in [6.07, 6.45) is 5.70. The van der Waals surface area contributed by atoms with E-state index in [1.165, 1.54) is 28.1 Å². The van der Waals surface area contributed by atoms with Gasteiger partial charge in [-0.25, -0.2) is 4.79 Å². The number of hydrogen-bond acceptors (Lipinski definition) is 6. The second kappa shape index (κ2) is 11.2. The Hall–Kier alpha value is -3.13. The molecule has 1 unspecified atom stereocenters. The number of anilines is 1. The highest BCUT2D eigenvalue weighted by atomic mass is 16.6. The fourth-order valence-corrected chi connectivity index (χ4v) is 6.39. The first-order chi connectivity index (χ1) is 18.6. The average Bonchev–Trinajstić information content (AvgIpc) is 2.91. The first-order valence-corrected chi connectivity index (χ1v) is 14.4. The predicted octanol–water partition coefficient (Wildman–Crippen LogP) is 4.42. The molecule has 2 atom stereocenters. The first-order valence-electron chi connectivity index (χ1n) is 14.4. The Labute approximate surface area is 232 Å². The Morgan fingerprint density at radius 1 is 1.08 bits per heavy atom. The maximum Gasteiger partial charge on any atom is 0.410 e. The topological polar surface area (TPSA) is 69.2 Å². The first kappa shape index (κ1) is 27.4. The van der Waals surface area contributed by atoms with E-state index in [-0.39, 0.29) is 24.1 Å². The smallest absolute Gasteiger partial charge is 0.410 e. The molecule has 0 saturated carbocycles. The molecule has 0 spiro atoms. The lowest BCUT2D eigenvalue weighted by Crippen LogP contribution is -2.52. The number of fused-ring (bicyclic) bond motifs is 2. The number of piperazine rings is 1. The number of hydrogen-bond donors (Lipinski definition) is 0. The molecule has 210 valence electrons. The van der Waals surface area contributed by atoms with E-state index >= 15 is 0 Å². The van der Waals surface area contributed by atoms with E-state index in [0.29, 0.717) is 6.54 Å². The van der Waals surface area contributed by atoms with Crippen molar-refractivity contribution in [2.24, 2.45) is 0 Å². The number of ether oxygens (including phenoxy) is 1. The van der Waals surface area contributed by atoms with Gasteiger partial charge in [-0.3, -0.25) is 19.6 Å². The molecule has 0 bridgehead atoms. The van der Waals surface area contributed by atoms with Crippen LogP contribution in [0.3, 0.4) is 0 Å². The molecule has 3 aliphatic rings. The monoisotopic (exact) mass is 533 g/mol. The highest BCUT2D eigenvalue weighted by molar-refractivity contribution is 5.74. The third kappa shape index (κ3) is 6.06. The van der Waals surface area contributed by atoms with Gasteiger partial charge in [0, 0.05) is 58.1 Å². The summed E-state index contributed by atoms with van der Waals surface area (Å²) in [6.45, 7) is 11.8. The van der Waals surface area contributed by atoms with Crippen molar-refractivity contribution in [2.45, 2.75) is 77.6 Å². The van der Waals surface area contributed by atoms with Crippen molar-refractivity contribution in [3.8, 4) is 0 Å². The molecule has 2 amide bonds. The zero-order chi connectivity index (χ0) is 27.7. The number of carbonyl (C=O) groups is 2. The van der Waals surface area contributed by atoms with Crippen LogP contribution in [0.5, 0.6) is 0 Å². The minimum Gasteiger partial charge on any atom is -0.444 e. The van der Waals surface area contributed by atoms with Gasteiger partial charge < -0.3 is 14.5 Å². The van der Waals surface area contributed by atoms with Crippen LogP contribution < -0.4 is 4.90 Å². The molecule has 8 nitrogen and oxygen atoms in total. The van der Waals surface area contributed by atoms with E-state index in [9.17, 15) is 9.59 Å². The number of amides is 2. The molecule has 1 saturated heterocycles. The van der Waals surface area contributed by atoms with Gasteiger partial charge in [0.05, 0.1) is 17.8 Å². The van der Waals surface area contributed by atoms with Gasteiger partial charge in [0.15, 0.2) is 0 Å². The SMILES string of the molecule is CC(=O)N1CCN(c2cccc3c2CC(CN(C)[C@H]2CCCc4cccnc42)N(C(=O)OC(C)(C)C)C3)CC1. The Bertz CT molecular complexity index is 1200. The third-order valence-electron chi connectivity index (χ3n) is 8.36. The van der Waals surface area contributed by atoms with Crippen LogP contribution in [0.4, 0.5) is 10.5 Å². The summed E-state index contributed by atoms with van der Waals surface area (Å²) in [4.78, 5) is 38.8. The molecule has 0 N–H and O–H groups in total. The molecule has 3 heterocycles. The van der Waals surface area contributed by atoms with Crippen LogP contribution in [0.1, 0.15) is 69.0 Å². The van der Waals surface area contributed by atoms with Crippen molar-refractivity contribution in [1.29, 1.82) is 0 Å². The summed E-state index contributed by atoms with van der Waals surface area (Å²) in [5.74, 6) is 0.139. The standard InChI is InChI=1S/C31H43N5O3/c1-22(37)34-15-17-35(18-16-34)27-12-7-10-24-20-36(30(38)39-31(2,3)4)25(19-26(24)27)21-33(5)28-13-6-9-23-11-8-14-32-29(23)28/h7-8,10-12,14,25,28H,6,9,13,15-21H2,1-5H3/t25?,28-/m0/s1. The quantitative estimate of drug-likeness (QED) is 0.580. The normalized spacial score (nSPS) is 21.4. The van der Waals surface area contributed by atoms with Crippen molar-refractivity contribution >= 4 is 17.7 Å². The maximum absolute atomic E-state index is 13.5. The van der Waals surface area contributed by atoms with Crippen LogP contribution in [0.2, 0.25) is 0 Å². The lowest BCUT2D eigenvalue weighted by Gasteiger charge is -2.43. The molecule has 1 aromatic carbocycles. The van der Waals surface area contributed by atoms with Crippen molar-refractivity contribution in [3.63, 3.8) is 0 Å². The Balaban J connectivity index is 1.41. The maximum atomic E-state index is 13.5. The van der Waals surface area contributed by atoms with Gasteiger partial charge in [0.2, 0.25) is 5.91 Å². The average molecular weight is 534 g/mol. The van der Waals surface area contributed by atoms with Gasteiger partial charge in [0.25, 0.3) is 0 Å². The number of rotatable bonds is 4. The van der Waals surface area contributed by atoms with Gasteiger partial charge in [0.1, 0.15) is 5.60 Å². The number of aromatic nitrogens is 1. The molecule has 0 radical (unpaired) electrons. The Morgan fingerprint density at radius 3 is 2.54 bits per heavy atom. The molecule has 2 aliphatic heterocycles. The molecule has 39 heavy (non-hydrogen) atoms. The van der Waals surface area contributed by atoms with Crippen molar-refractivity contribution < 1.29 is 14.3 Å². The number of aryl methyl sites for hydroxylation is 1. The van der Waals surface area contributed by atoms with E-state index in [1.54, 1.807) is 6.92 Å². The van der Waals surface area contributed by atoms with Crippen molar-refractivity contribution in [1.82, 2.24) is 19.7 Å². The molecule has 8 heteroatoms. The highest BCUT2D eigenvalue weighted by Crippen LogP contribution is 2.36. The van der Waals surface area contributed by atoms with E-state index in [1.807, 2.05) is 42.8 Å². The van der Waals surface area contributed by atoms with Crippen molar-refractivity contribution in [3.05, 3.63) is 58.9 Å². The number of likely N-dealkylation sites (N-methyl/N-ethyl adjacent to an activating group) is 1. The fourth-order valence-electron chi connectivity index (χ4n) is 6.39. The minimum atomic E-state index is -0.557. The minimum absolute atomic E-state index is 0.0221. The molecular formula is C31H43N5O3. The molecule has 1 aliphatic carbocycles. The van der Waals surface area contributed by atoms with Crippen LogP contribution in [0, 0.1) is 0 Å². The molecule has 5 rings (SSSR count). The summed E-state index contributed by atoms with van der Waals surface area (Å²) >= 11 is 0. The van der Waals surface area contributed by atoms with Crippen LogP contribution in [-0.2, 0) is 28.9 Å². The highest BCUT2D eigenvalue weighted by Gasteiger charge is 2.37. The second-order valence-electron chi connectivity index (χ2n) is 12.3. The largest absolute Gasteiger partial charge is 0.444 e. The Kier molecular flexibility index (Phi) is 7.85. The lowest BCUT2D eigenvalue weighted by molar-refractivity contribution is -0.129. The molecule has 2 aromatic rings. The summed E-state index contributed by atoms with van der Waals surface area (Å²) in [6, 6.07) is 10.9. The van der Waals surface area contributed by atoms with Crippen molar-refractivity contribution in [2.75, 3.05) is 44.7 Å². The summed E-state index contributed by atoms with van der Waals surface area (Å²) < 4.78 is 5.89. The van der Waals surface area contributed by atoms with E-state index < -0.39 is 5.60 Å². The molecule has 1 fully saturated rings. The van der Waals surface area contributed by atoms with Crippen LogP contribution in [-0.4, -0.2) is 83.1 Å². The zero-order valence-electron chi connectivity index (χ0n) is 24.2. The lowest BCUT2D eigenvalue weighted by atomic mass is 9.89. The number of benzene rings is 1. The van der Waals surface area contributed by atoms with Gasteiger partial charge in [-0.15, -0.1) is 0 Å². The van der Waals surface area contributed by atoms with Gasteiger partial charge in [-0.2, -0.15) is 0 Å². The second-order valence-corrected chi connectivity index (χ2v) is 12.3. The molecular weight excluding hydrogens is 490 g/mol.